The summed E-state index contributed by atoms with van der Waals surface area (Å²) in [6, 6.07) is 14.9. The van der Waals surface area contributed by atoms with Gasteiger partial charge in [-0.3, -0.25) is 15.1 Å². The van der Waals surface area contributed by atoms with Gasteiger partial charge in [-0.15, -0.1) is 24.0 Å². The summed E-state index contributed by atoms with van der Waals surface area (Å²) in [5, 5.41) is 21.8. The third-order valence-electron chi connectivity index (χ3n) is 4.42. The fraction of sp³-hybridized carbons (Fsp3) is 0.250. The van der Waals surface area contributed by atoms with E-state index in [4.69, 9.17) is 0 Å². The minimum Gasteiger partial charge on any atom is -0.378 e. The number of nitro benzene ring substituents is 1. The van der Waals surface area contributed by atoms with Crippen LogP contribution in [-0.4, -0.2) is 42.5 Å². The number of anilines is 1. The van der Waals surface area contributed by atoms with Crippen LogP contribution in [0.5, 0.6) is 0 Å². The number of para-hydroxylation sites is 3. The number of hydrogen-bond donors (Lipinski definition) is 4. The van der Waals surface area contributed by atoms with E-state index in [9.17, 15) is 10.1 Å². The van der Waals surface area contributed by atoms with Gasteiger partial charge in [-0.2, -0.15) is 0 Å². The molecule has 0 aliphatic heterocycles. The highest BCUT2D eigenvalue weighted by atomic mass is 127. The van der Waals surface area contributed by atoms with Crippen molar-refractivity contribution >= 4 is 52.2 Å². The second kappa shape index (κ2) is 11.2. The Morgan fingerprint density at radius 2 is 1.79 bits per heavy atom. The number of nitrogens with zero attached hydrogens (tertiary/aromatic N) is 2. The number of benzene rings is 2. The van der Waals surface area contributed by atoms with Crippen molar-refractivity contribution in [1.82, 2.24) is 15.6 Å². The number of hydrogen-bond acceptors (Lipinski definition) is 4. The van der Waals surface area contributed by atoms with Gasteiger partial charge in [-0.05, 0) is 24.1 Å². The Labute approximate surface area is 186 Å². The van der Waals surface area contributed by atoms with Crippen LogP contribution in [0.4, 0.5) is 11.4 Å². The number of aliphatic imine (C=N–C) groups is 1. The van der Waals surface area contributed by atoms with Crippen LogP contribution in [0.3, 0.4) is 0 Å². The van der Waals surface area contributed by atoms with Crippen LogP contribution in [0.15, 0.2) is 59.7 Å². The molecular weight excluding hydrogens is 483 g/mol. The molecule has 0 unspecified atom stereocenters. The zero-order valence-corrected chi connectivity index (χ0v) is 18.5. The van der Waals surface area contributed by atoms with Crippen molar-refractivity contribution in [2.45, 2.75) is 6.42 Å². The first-order valence-corrected chi connectivity index (χ1v) is 9.16. The Balaban J connectivity index is 0.00000300. The molecular formula is C20H25IN6O2. The van der Waals surface area contributed by atoms with Gasteiger partial charge < -0.3 is 20.9 Å². The van der Waals surface area contributed by atoms with Gasteiger partial charge in [-0.25, -0.2) is 0 Å². The molecule has 8 nitrogen and oxygen atoms in total. The Bertz CT molecular complexity index is 972. The molecule has 29 heavy (non-hydrogen) atoms. The molecule has 2 aromatic carbocycles. The van der Waals surface area contributed by atoms with Crippen molar-refractivity contribution < 1.29 is 4.92 Å². The molecule has 0 atom stereocenters. The summed E-state index contributed by atoms with van der Waals surface area (Å²) in [7, 11) is 1.72. The monoisotopic (exact) mass is 508 g/mol. The molecule has 9 heteroatoms. The molecule has 0 radical (unpaired) electrons. The van der Waals surface area contributed by atoms with E-state index < -0.39 is 0 Å². The molecule has 0 aliphatic rings. The SMILES string of the molecule is CN=C(NCCNc1ccccc1[N+](=O)[O-])NCCc1c[nH]c2ccccc12.I. The molecule has 0 bridgehead atoms. The van der Waals surface area contributed by atoms with Crippen molar-refractivity contribution in [2.75, 3.05) is 32.0 Å². The molecule has 1 heterocycles. The van der Waals surface area contributed by atoms with E-state index in [0.717, 1.165) is 18.5 Å². The Kier molecular flexibility index (Phi) is 8.71. The number of halogens is 1. The van der Waals surface area contributed by atoms with Gasteiger partial charge in [0.1, 0.15) is 5.69 Å². The molecule has 0 amide bonds. The molecule has 3 aromatic rings. The maximum Gasteiger partial charge on any atom is 0.292 e. The van der Waals surface area contributed by atoms with Crippen LogP contribution in [0.1, 0.15) is 5.56 Å². The van der Waals surface area contributed by atoms with Gasteiger partial charge in [0.2, 0.25) is 0 Å². The number of H-pyrrole nitrogens is 1. The largest absolute Gasteiger partial charge is 0.378 e. The van der Waals surface area contributed by atoms with Crippen molar-refractivity contribution in [3.63, 3.8) is 0 Å². The average molecular weight is 508 g/mol. The van der Waals surface area contributed by atoms with E-state index in [-0.39, 0.29) is 34.6 Å². The maximum atomic E-state index is 11.0. The van der Waals surface area contributed by atoms with Crippen LogP contribution >= 0.6 is 24.0 Å². The van der Waals surface area contributed by atoms with Gasteiger partial charge in [-0.1, -0.05) is 30.3 Å². The molecule has 0 saturated carbocycles. The predicted molar refractivity (Wildman–Crippen MR) is 128 cm³/mol. The molecule has 154 valence electrons. The second-order valence-corrected chi connectivity index (χ2v) is 6.24. The molecule has 0 spiro atoms. The van der Waals surface area contributed by atoms with Crippen LogP contribution in [0.25, 0.3) is 10.9 Å². The van der Waals surface area contributed by atoms with Gasteiger partial charge in [0.05, 0.1) is 4.92 Å². The summed E-state index contributed by atoms with van der Waals surface area (Å²) in [6.45, 7) is 1.87. The molecule has 0 saturated heterocycles. The minimum atomic E-state index is -0.388. The van der Waals surface area contributed by atoms with Crippen molar-refractivity contribution in [3.05, 3.63) is 70.4 Å². The van der Waals surface area contributed by atoms with Crippen LogP contribution in [0, 0.1) is 10.1 Å². The Morgan fingerprint density at radius 1 is 1.07 bits per heavy atom. The zero-order chi connectivity index (χ0) is 19.8. The second-order valence-electron chi connectivity index (χ2n) is 6.24. The van der Waals surface area contributed by atoms with Crippen LogP contribution in [0.2, 0.25) is 0 Å². The number of guanidine groups is 1. The first-order valence-electron chi connectivity index (χ1n) is 9.16. The summed E-state index contributed by atoms with van der Waals surface area (Å²) in [4.78, 5) is 18.1. The summed E-state index contributed by atoms with van der Waals surface area (Å²) in [5.74, 6) is 0.698. The van der Waals surface area contributed by atoms with E-state index >= 15 is 0 Å². The van der Waals surface area contributed by atoms with E-state index in [1.807, 2.05) is 18.3 Å². The number of rotatable bonds is 8. The minimum absolute atomic E-state index is 0. The Morgan fingerprint density at radius 3 is 2.59 bits per heavy atom. The topological polar surface area (TPSA) is 107 Å². The molecule has 0 fully saturated rings. The lowest BCUT2D eigenvalue weighted by molar-refractivity contribution is -0.384. The van der Waals surface area contributed by atoms with E-state index in [1.54, 1.807) is 25.2 Å². The summed E-state index contributed by atoms with van der Waals surface area (Å²) >= 11 is 0. The van der Waals surface area contributed by atoms with Crippen LogP contribution in [-0.2, 0) is 6.42 Å². The fourth-order valence-corrected chi connectivity index (χ4v) is 3.04. The van der Waals surface area contributed by atoms with Gasteiger partial charge in [0.25, 0.3) is 5.69 Å². The summed E-state index contributed by atoms with van der Waals surface area (Å²) in [5.41, 5.74) is 2.98. The lowest BCUT2D eigenvalue weighted by atomic mass is 10.1. The lowest BCUT2D eigenvalue weighted by Gasteiger charge is -2.12. The highest BCUT2D eigenvalue weighted by Crippen LogP contribution is 2.22. The molecule has 0 aliphatic carbocycles. The fourth-order valence-electron chi connectivity index (χ4n) is 3.04. The lowest BCUT2D eigenvalue weighted by Crippen LogP contribution is -2.40. The van der Waals surface area contributed by atoms with Crippen LogP contribution < -0.4 is 16.0 Å². The van der Waals surface area contributed by atoms with E-state index in [2.05, 4.69) is 38.1 Å². The number of nitro groups is 1. The molecule has 1 aromatic heterocycles. The normalized spacial score (nSPS) is 11.0. The average Bonchev–Trinajstić information content (AvgIpc) is 3.13. The summed E-state index contributed by atoms with van der Waals surface area (Å²) in [6.07, 6.45) is 2.92. The summed E-state index contributed by atoms with van der Waals surface area (Å²) < 4.78 is 0. The molecule has 3 rings (SSSR count). The Hall–Kier alpha value is -2.82. The third kappa shape index (κ3) is 6.08. The smallest absolute Gasteiger partial charge is 0.292 e. The predicted octanol–water partition coefficient (Wildman–Crippen LogP) is 3.51. The van der Waals surface area contributed by atoms with Gasteiger partial charge >= 0.3 is 0 Å². The molecule has 4 N–H and O–H groups in total. The van der Waals surface area contributed by atoms with Gasteiger partial charge in [0.15, 0.2) is 5.96 Å². The van der Waals surface area contributed by atoms with Crippen molar-refractivity contribution in [1.29, 1.82) is 0 Å². The third-order valence-corrected chi connectivity index (χ3v) is 4.42. The number of fused-ring (bicyclic) bond motifs is 1. The van der Waals surface area contributed by atoms with Crippen molar-refractivity contribution in [2.24, 2.45) is 4.99 Å². The highest BCUT2D eigenvalue weighted by molar-refractivity contribution is 14.0. The zero-order valence-electron chi connectivity index (χ0n) is 16.1. The first-order chi connectivity index (χ1) is 13.7. The first kappa shape index (κ1) is 22.5. The van der Waals surface area contributed by atoms with Crippen molar-refractivity contribution in [3.8, 4) is 0 Å². The van der Waals surface area contributed by atoms with Gasteiger partial charge in [0, 0.05) is 49.8 Å². The number of aromatic amines is 1. The maximum absolute atomic E-state index is 11.0. The number of aromatic nitrogens is 1. The van der Waals surface area contributed by atoms with E-state index in [0.29, 0.717) is 24.7 Å². The standard InChI is InChI=1S/C20H24N6O2.HI/c1-21-20(23-11-10-15-14-25-17-7-3-2-6-16(15)17)24-13-12-22-18-8-4-5-9-19(18)26(27)28;/h2-9,14,22,25H,10-13H2,1H3,(H2,21,23,24);1H. The highest BCUT2D eigenvalue weighted by Gasteiger charge is 2.11. The van der Waals surface area contributed by atoms with E-state index in [1.165, 1.54) is 17.0 Å². The quantitative estimate of drug-likeness (QED) is 0.0931. The number of nitrogens with one attached hydrogen (secondary N) is 4.